The average Bonchev–Trinajstić information content (AvgIpc) is 2.64. The monoisotopic (exact) mass is 229 g/mol. The first kappa shape index (κ1) is 10.6. The quantitative estimate of drug-likeness (QED) is 0.690. The van der Waals surface area contributed by atoms with Crippen LogP contribution in [0.4, 0.5) is 0 Å². The van der Waals surface area contributed by atoms with Gasteiger partial charge in [-0.25, -0.2) is 0 Å². The van der Waals surface area contributed by atoms with Crippen LogP contribution in [0.1, 0.15) is 6.42 Å². The van der Waals surface area contributed by atoms with Crippen molar-refractivity contribution in [3.05, 3.63) is 23.9 Å². The molecule has 5 nitrogen and oxygen atoms in total. The molecule has 2 atom stereocenters. The number of hydrogen-bond acceptors (Lipinski definition) is 5. The SMILES string of the molecule is CNC1N=C2C(=N)CC=C3N=CC=CC32N1C. The molecule has 5 heteroatoms. The third kappa shape index (κ3) is 1.18. The molecule has 2 heterocycles. The van der Waals surface area contributed by atoms with E-state index in [0.29, 0.717) is 12.1 Å². The largest absolute Gasteiger partial charge is 0.303 e. The van der Waals surface area contributed by atoms with Gasteiger partial charge >= 0.3 is 0 Å². The smallest absolute Gasteiger partial charge is 0.157 e. The molecule has 3 rings (SSSR count). The molecule has 0 fully saturated rings. The first-order valence-electron chi connectivity index (χ1n) is 5.69. The van der Waals surface area contributed by atoms with Gasteiger partial charge in [0.15, 0.2) is 6.29 Å². The van der Waals surface area contributed by atoms with Gasteiger partial charge in [-0.3, -0.25) is 20.2 Å². The Balaban J connectivity index is 2.20. The number of likely N-dealkylation sites (N-methyl/N-ethyl adjacent to an activating group) is 1. The molecule has 0 aromatic rings. The van der Waals surface area contributed by atoms with Gasteiger partial charge in [0, 0.05) is 12.6 Å². The van der Waals surface area contributed by atoms with Gasteiger partial charge in [0.2, 0.25) is 0 Å². The lowest BCUT2D eigenvalue weighted by Crippen LogP contribution is -2.56. The Labute approximate surface area is 100 Å². The molecule has 2 N–H and O–H groups in total. The molecular formula is C12H15N5. The maximum absolute atomic E-state index is 8.07. The van der Waals surface area contributed by atoms with E-state index in [2.05, 4.69) is 26.3 Å². The van der Waals surface area contributed by atoms with Crippen molar-refractivity contribution in [1.82, 2.24) is 10.2 Å². The fourth-order valence-electron chi connectivity index (χ4n) is 2.73. The third-order valence-corrected chi connectivity index (χ3v) is 3.61. The van der Waals surface area contributed by atoms with Gasteiger partial charge < -0.3 is 5.41 Å². The average molecular weight is 229 g/mol. The second-order valence-corrected chi connectivity index (χ2v) is 4.43. The molecule has 3 aliphatic rings. The molecule has 2 aliphatic heterocycles. The highest BCUT2D eigenvalue weighted by Gasteiger charge is 2.52. The predicted octanol–water partition coefficient (Wildman–Crippen LogP) is 0.563. The van der Waals surface area contributed by atoms with Crippen molar-refractivity contribution >= 4 is 17.6 Å². The number of dihydropyridines is 1. The number of allylic oxidation sites excluding steroid dienone is 2. The molecule has 0 saturated heterocycles. The Morgan fingerprint density at radius 3 is 3.18 bits per heavy atom. The first-order chi connectivity index (χ1) is 8.20. The van der Waals surface area contributed by atoms with E-state index < -0.39 is 5.54 Å². The van der Waals surface area contributed by atoms with Gasteiger partial charge in [0.25, 0.3) is 0 Å². The van der Waals surface area contributed by atoms with Crippen LogP contribution in [0.5, 0.6) is 0 Å². The molecule has 2 unspecified atom stereocenters. The minimum Gasteiger partial charge on any atom is -0.303 e. The van der Waals surface area contributed by atoms with Crippen molar-refractivity contribution in [1.29, 1.82) is 5.41 Å². The zero-order valence-electron chi connectivity index (χ0n) is 9.94. The van der Waals surface area contributed by atoms with Gasteiger partial charge in [-0.05, 0) is 20.2 Å². The number of nitrogens with one attached hydrogen (secondary N) is 2. The van der Waals surface area contributed by atoms with E-state index >= 15 is 0 Å². The highest BCUT2D eigenvalue weighted by atomic mass is 15.4. The van der Waals surface area contributed by atoms with Gasteiger partial charge in [0.05, 0.1) is 17.1 Å². The van der Waals surface area contributed by atoms with Crippen LogP contribution in [0.2, 0.25) is 0 Å². The summed E-state index contributed by atoms with van der Waals surface area (Å²) in [5.74, 6) is 0. The maximum Gasteiger partial charge on any atom is 0.157 e. The lowest BCUT2D eigenvalue weighted by Gasteiger charge is -2.40. The van der Waals surface area contributed by atoms with Crippen molar-refractivity contribution in [2.45, 2.75) is 18.2 Å². The van der Waals surface area contributed by atoms with Crippen LogP contribution >= 0.6 is 0 Å². The van der Waals surface area contributed by atoms with E-state index in [1.165, 1.54) is 0 Å². The van der Waals surface area contributed by atoms with Crippen LogP contribution in [0.15, 0.2) is 33.9 Å². The molecule has 17 heavy (non-hydrogen) atoms. The summed E-state index contributed by atoms with van der Waals surface area (Å²) in [4.78, 5) is 11.2. The van der Waals surface area contributed by atoms with Gasteiger partial charge in [0.1, 0.15) is 5.54 Å². The van der Waals surface area contributed by atoms with E-state index in [9.17, 15) is 0 Å². The molecule has 1 aliphatic carbocycles. The predicted molar refractivity (Wildman–Crippen MR) is 68.8 cm³/mol. The topological polar surface area (TPSA) is 63.8 Å². The minimum absolute atomic E-state index is 0.0928. The molecule has 0 saturated carbocycles. The highest BCUT2D eigenvalue weighted by Crippen LogP contribution is 2.39. The molecular weight excluding hydrogens is 214 g/mol. The highest BCUT2D eigenvalue weighted by molar-refractivity contribution is 6.47. The van der Waals surface area contributed by atoms with Crippen molar-refractivity contribution in [2.75, 3.05) is 14.1 Å². The number of rotatable bonds is 1. The van der Waals surface area contributed by atoms with Crippen LogP contribution in [-0.4, -0.2) is 48.5 Å². The lowest BCUT2D eigenvalue weighted by atomic mass is 9.79. The molecule has 0 amide bonds. The molecule has 0 radical (unpaired) electrons. The summed E-state index contributed by atoms with van der Waals surface area (Å²) in [5, 5.41) is 11.2. The van der Waals surface area contributed by atoms with E-state index in [1.54, 1.807) is 6.21 Å². The van der Waals surface area contributed by atoms with Crippen LogP contribution < -0.4 is 5.32 Å². The summed E-state index contributed by atoms with van der Waals surface area (Å²) in [6.07, 6.45) is 8.35. The number of aliphatic imine (C=N–C) groups is 2. The van der Waals surface area contributed by atoms with Crippen LogP contribution in [0.3, 0.4) is 0 Å². The summed E-state index contributed by atoms with van der Waals surface area (Å²) in [7, 11) is 3.89. The van der Waals surface area contributed by atoms with Crippen molar-refractivity contribution < 1.29 is 0 Å². The standard InChI is InChI=1S/C12H15N5/c1-14-11-16-10-8(13)4-5-9-12(10,17(11)2)6-3-7-15-9/h3,5-7,11,13-14H,4H2,1-2H3. The van der Waals surface area contributed by atoms with Crippen molar-refractivity contribution in [3.63, 3.8) is 0 Å². The Morgan fingerprint density at radius 2 is 2.41 bits per heavy atom. The van der Waals surface area contributed by atoms with E-state index in [1.807, 2.05) is 26.2 Å². The second-order valence-electron chi connectivity index (χ2n) is 4.43. The summed E-state index contributed by atoms with van der Waals surface area (Å²) in [6.45, 7) is 0. The number of hydrogen-bond donors (Lipinski definition) is 2. The normalized spacial score (nSPS) is 35.4. The Hall–Kier alpha value is -1.59. The maximum atomic E-state index is 8.07. The van der Waals surface area contributed by atoms with Crippen LogP contribution in [0.25, 0.3) is 0 Å². The van der Waals surface area contributed by atoms with E-state index in [-0.39, 0.29) is 6.29 Å². The summed E-state index contributed by atoms with van der Waals surface area (Å²) >= 11 is 0. The summed E-state index contributed by atoms with van der Waals surface area (Å²) < 4.78 is 0. The van der Waals surface area contributed by atoms with Gasteiger partial charge in [-0.1, -0.05) is 12.2 Å². The van der Waals surface area contributed by atoms with Crippen LogP contribution in [-0.2, 0) is 0 Å². The van der Waals surface area contributed by atoms with E-state index in [4.69, 9.17) is 5.41 Å². The molecule has 0 aromatic heterocycles. The van der Waals surface area contributed by atoms with Crippen LogP contribution in [0, 0.1) is 5.41 Å². The fraction of sp³-hybridized carbons (Fsp3) is 0.417. The van der Waals surface area contributed by atoms with E-state index in [0.717, 1.165) is 11.4 Å². The minimum atomic E-state index is -0.433. The zero-order valence-corrected chi connectivity index (χ0v) is 9.94. The lowest BCUT2D eigenvalue weighted by molar-refractivity contribution is 0.194. The Bertz CT molecular complexity index is 499. The summed E-state index contributed by atoms with van der Waals surface area (Å²) in [6, 6.07) is 0. The van der Waals surface area contributed by atoms with Crippen molar-refractivity contribution in [2.24, 2.45) is 9.98 Å². The van der Waals surface area contributed by atoms with Gasteiger partial charge in [-0.15, -0.1) is 0 Å². The number of nitrogens with zero attached hydrogens (tertiary/aromatic N) is 3. The molecule has 0 aromatic carbocycles. The molecule has 0 bridgehead atoms. The zero-order chi connectivity index (χ0) is 12.0. The molecule has 88 valence electrons. The van der Waals surface area contributed by atoms with Gasteiger partial charge in [-0.2, -0.15) is 0 Å². The second kappa shape index (κ2) is 3.45. The first-order valence-corrected chi connectivity index (χ1v) is 5.69. The third-order valence-electron chi connectivity index (χ3n) is 3.61. The molecule has 1 spiro atoms. The van der Waals surface area contributed by atoms with Crippen molar-refractivity contribution in [3.8, 4) is 0 Å². The summed E-state index contributed by atoms with van der Waals surface area (Å²) in [5.41, 5.74) is 1.96. The fourth-order valence-corrected chi connectivity index (χ4v) is 2.73. The Morgan fingerprint density at radius 1 is 1.59 bits per heavy atom. The Kier molecular flexibility index (Phi) is 2.14.